The summed E-state index contributed by atoms with van der Waals surface area (Å²) in [6.07, 6.45) is 0. The Morgan fingerprint density at radius 1 is 1.29 bits per heavy atom. The molecule has 0 atom stereocenters. The van der Waals surface area contributed by atoms with Crippen molar-refractivity contribution in [3.63, 3.8) is 0 Å². The van der Waals surface area contributed by atoms with Crippen LogP contribution in [0.3, 0.4) is 0 Å². The van der Waals surface area contributed by atoms with Crippen molar-refractivity contribution >= 4 is 29.3 Å². The standard InChI is InChI=1S/C15H21NO4S/c1-15(2,3)21-10-13(17)16-11-6-5-7-12(8-11)20-9-14(18)19-4/h5-8H,9-10H2,1-4H3,(H,16,17). The number of esters is 1. The highest BCUT2D eigenvalue weighted by Gasteiger charge is 2.13. The largest absolute Gasteiger partial charge is 0.482 e. The number of hydrogen-bond acceptors (Lipinski definition) is 5. The van der Waals surface area contributed by atoms with Gasteiger partial charge in [-0.25, -0.2) is 4.79 Å². The van der Waals surface area contributed by atoms with E-state index in [4.69, 9.17) is 4.74 Å². The van der Waals surface area contributed by atoms with Gasteiger partial charge in [-0.05, 0) is 12.1 Å². The van der Waals surface area contributed by atoms with Crippen LogP contribution in [0.15, 0.2) is 24.3 Å². The highest BCUT2D eigenvalue weighted by atomic mass is 32.2. The highest BCUT2D eigenvalue weighted by molar-refractivity contribution is 8.01. The molecule has 1 rings (SSSR count). The van der Waals surface area contributed by atoms with E-state index in [9.17, 15) is 9.59 Å². The summed E-state index contributed by atoms with van der Waals surface area (Å²) in [5, 5.41) is 2.80. The minimum Gasteiger partial charge on any atom is -0.482 e. The van der Waals surface area contributed by atoms with Crippen LogP contribution in [0.4, 0.5) is 5.69 Å². The van der Waals surface area contributed by atoms with Gasteiger partial charge >= 0.3 is 5.97 Å². The van der Waals surface area contributed by atoms with Crippen molar-refractivity contribution in [3.8, 4) is 5.75 Å². The monoisotopic (exact) mass is 311 g/mol. The van der Waals surface area contributed by atoms with Gasteiger partial charge in [0, 0.05) is 16.5 Å². The zero-order valence-corrected chi connectivity index (χ0v) is 13.6. The third kappa shape index (κ3) is 7.60. The summed E-state index contributed by atoms with van der Waals surface area (Å²) in [7, 11) is 1.30. The van der Waals surface area contributed by atoms with E-state index in [2.05, 4.69) is 30.8 Å². The van der Waals surface area contributed by atoms with Crippen molar-refractivity contribution in [2.75, 3.05) is 24.8 Å². The second-order valence-electron chi connectivity index (χ2n) is 5.34. The summed E-state index contributed by atoms with van der Waals surface area (Å²) in [5.41, 5.74) is 0.636. The quantitative estimate of drug-likeness (QED) is 0.818. The molecule has 6 heteroatoms. The van der Waals surface area contributed by atoms with Gasteiger partial charge in [0.05, 0.1) is 12.9 Å². The van der Waals surface area contributed by atoms with Gasteiger partial charge in [-0.2, -0.15) is 0 Å². The third-order valence-corrected chi connectivity index (χ3v) is 3.61. The number of methoxy groups -OCH3 is 1. The van der Waals surface area contributed by atoms with Crippen molar-refractivity contribution in [2.24, 2.45) is 0 Å². The van der Waals surface area contributed by atoms with Gasteiger partial charge in [-0.1, -0.05) is 26.8 Å². The lowest BCUT2D eigenvalue weighted by Gasteiger charge is -2.17. The number of anilines is 1. The van der Waals surface area contributed by atoms with Crippen LogP contribution in [0.5, 0.6) is 5.75 Å². The van der Waals surface area contributed by atoms with E-state index in [1.807, 2.05) is 0 Å². The maximum absolute atomic E-state index is 11.8. The average molecular weight is 311 g/mol. The maximum Gasteiger partial charge on any atom is 0.343 e. The smallest absolute Gasteiger partial charge is 0.343 e. The zero-order valence-electron chi connectivity index (χ0n) is 12.8. The molecular formula is C15H21NO4S. The van der Waals surface area contributed by atoms with Gasteiger partial charge in [-0.3, -0.25) is 4.79 Å². The van der Waals surface area contributed by atoms with Crippen LogP contribution in [0.2, 0.25) is 0 Å². The van der Waals surface area contributed by atoms with E-state index in [0.717, 1.165) is 0 Å². The maximum atomic E-state index is 11.8. The Labute approximate surface area is 129 Å². The molecule has 1 aromatic carbocycles. The molecular weight excluding hydrogens is 290 g/mol. The van der Waals surface area contributed by atoms with Gasteiger partial charge in [0.15, 0.2) is 6.61 Å². The molecule has 1 N–H and O–H groups in total. The van der Waals surface area contributed by atoms with Crippen LogP contribution in [-0.4, -0.2) is 36.1 Å². The lowest BCUT2D eigenvalue weighted by molar-refractivity contribution is -0.142. The number of thioether (sulfide) groups is 1. The van der Waals surface area contributed by atoms with E-state index < -0.39 is 5.97 Å². The molecule has 0 aliphatic heterocycles. The van der Waals surface area contributed by atoms with E-state index >= 15 is 0 Å². The molecule has 116 valence electrons. The minimum absolute atomic E-state index is 0.0445. The average Bonchev–Trinajstić information content (AvgIpc) is 2.42. The fourth-order valence-electron chi connectivity index (χ4n) is 1.34. The SMILES string of the molecule is COC(=O)COc1cccc(NC(=O)CSC(C)(C)C)c1. The van der Waals surface area contributed by atoms with Crippen molar-refractivity contribution < 1.29 is 19.1 Å². The molecule has 0 spiro atoms. The Morgan fingerprint density at radius 3 is 2.62 bits per heavy atom. The van der Waals surface area contributed by atoms with Crippen LogP contribution in [0, 0.1) is 0 Å². The van der Waals surface area contributed by atoms with E-state index in [1.54, 1.807) is 36.0 Å². The first kappa shape index (κ1) is 17.4. The topological polar surface area (TPSA) is 64.6 Å². The summed E-state index contributed by atoms with van der Waals surface area (Å²) < 4.78 is 9.80. The number of rotatable bonds is 6. The normalized spacial score (nSPS) is 10.9. The van der Waals surface area contributed by atoms with Crippen molar-refractivity contribution in [2.45, 2.75) is 25.5 Å². The van der Waals surface area contributed by atoms with Crippen molar-refractivity contribution in [3.05, 3.63) is 24.3 Å². The second-order valence-corrected chi connectivity index (χ2v) is 7.14. The minimum atomic E-state index is -0.453. The predicted molar refractivity (Wildman–Crippen MR) is 84.8 cm³/mol. The summed E-state index contributed by atoms with van der Waals surface area (Å²) in [5.74, 6) is 0.365. The summed E-state index contributed by atoms with van der Waals surface area (Å²) in [6.45, 7) is 6.03. The molecule has 21 heavy (non-hydrogen) atoms. The fourth-order valence-corrected chi connectivity index (χ4v) is 1.98. The lowest BCUT2D eigenvalue weighted by Crippen LogP contribution is -2.19. The van der Waals surface area contributed by atoms with Gasteiger partial charge in [-0.15, -0.1) is 11.8 Å². The molecule has 1 aromatic rings. The highest BCUT2D eigenvalue weighted by Crippen LogP contribution is 2.23. The first-order chi connectivity index (χ1) is 9.80. The van der Waals surface area contributed by atoms with Crippen molar-refractivity contribution in [1.82, 2.24) is 0 Å². The number of carbonyl (C=O) groups is 2. The Hall–Kier alpha value is -1.69. The van der Waals surface area contributed by atoms with Crippen LogP contribution in [0.1, 0.15) is 20.8 Å². The Morgan fingerprint density at radius 2 is 2.00 bits per heavy atom. The molecule has 0 saturated heterocycles. The lowest BCUT2D eigenvalue weighted by atomic mass is 10.3. The fraction of sp³-hybridized carbons (Fsp3) is 0.467. The summed E-state index contributed by atoms with van der Waals surface area (Å²) in [4.78, 5) is 22.8. The van der Waals surface area contributed by atoms with E-state index in [1.165, 1.54) is 7.11 Å². The predicted octanol–water partition coefficient (Wildman–Crippen LogP) is 2.71. The molecule has 0 aliphatic carbocycles. The number of benzene rings is 1. The van der Waals surface area contributed by atoms with Crippen molar-refractivity contribution in [1.29, 1.82) is 0 Å². The van der Waals surface area contributed by atoms with Crippen LogP contribution < -0.4 is 10.1 Å². The van der Waals surface area contributed by atoms with E-state index in [0.29, 0.717) is 17.2 Å². The Balaban J connectivity index is 2.52. The molecule has 5 nitrogen and oxygen atoms in total. The first-order valence-electron chi connectivity index (χ1n) is 6.53. The van der Waals surface area contributed by atoms with Gasteiger partial charge in [0.25, 0.3) is 0 Å². The van der Waals surface area contributed by atoms with Crippen LogP contribution in [-0.2, 0) is 14.3 Å². The molecule has 0 aliphatic rings. The first-order valence-corrected chi connectivity index (χ1v) is 7.52. The molecule has 0 fully saturated rings. The molecule has 0 unspecified atom stereocenters. The Kier molecular flexibility index (Phi) is 6.55. The Bertz CT molecular complexity index is 497. The zero-order chi connectivity index (χ0) is 15.9. The second kappa shape index (κ2) is 7.93. The van der Waals surface area contributed by atoms with Gasteiger partial charge in [0.1, 0.15) is 5.75 Å². The van der Waals surface area contributed by atoms with E-state index in [-0.39, 0.29) is 17.3 Å². The molecule has 0 saturated carbocycles. The number of amides is 1. The number of carbonyl (C=O) groups excluding carboxylic acids is 2. The number of nitrogens with one attached hydrogen (secondary N) is 1. The summed E-state index contributed by atoms with van der Waals surface area (Å²) in [6, 6.07) is 6.90. The van der Waals surface area contributed by atoms with Crippen LogP contribution >= 0.6 is 11.8 Å². The van der Waals surface area contributed by atoms with Gasteiger partial charge < -0.3 is 14.8 Å². The summed E-state index contributed by atoms with van der Waals surface area (Å²) >= 11 is 1.58. The molecule has 0 radical (unpaired) electrons. The number of ether oxygens (including phenoxy) is 2. The molecule has 0 bridgehead atoms. The molecule has 0 heterocycles. The third-order valence-electron chi connectivity index (χ3n) is 2.34. The van der Waals surface area contributed by atoms with Gasteiger partial charge in [0.2, 0.25) is 5.91 Å². The number of hydrogen-bond donors (Lipinski definition) is 1. The molecule has 0 aromatic heterocycles. The van der Waals surface area contributed by atoms with Crippen LogP contribution in [0.25, 0.3) is 0 Å². The molecule has 1 amide bonds.